The van der Waals surface area contributed by atoms with E-state index in [2.05, 4.69) is 25.1 Å². The summed E-state index contributed by atoms with van der Waals surface area (Å²) < 4.78 is 16.2. The third kappa shape index (κ3) is 4.88. The van der Waals surface area contributed by atoms with Crippen LogP contribution in [0, 0.1) is 0 Å². The summed E-state index contributed by atoms with van der Waals surface area (Å²) in [7, 11) is 1.60. The number of hydrogen-bond acceptors (Lipinski definition) is 4. The van der Waals surface area contributed by atoms with Crippen molar-refractivity contribution in [1.82, 2.24) is 5.32 Å². The van der Waals surface area contributed by atoms with Gasteiger partial charge in [0.1, 0.15) is 12.4 Å². The third-order valence-electron chi connectivity index (χ3n) is 2.97. The van der Waals surface area contributed by atoms with Gasteiger partial charge in [-0.15, -0.1) is 0 Å². The molecule has 0 saturated heterocycles. The van der Waals surface area contributed by atoms with E-state index in [9.17, 15) is 0 Å². The molecule has 4 nitrogen and oxygen atoms in total. The number of ether oxygens (including phenoxy) is 2. The van der Waals surface area contributed by atoms with Crippen LogP contribution in [0.5, 0.6) is 0 Å². The second-order valence-electron chi connectivity index (χ2n) is 5.20. The smallest absolute Gasteiger partial charge is 0.156 e. The van der Waals surface area contributed by atoms with Gasteiger partial charge in [-0.25, -0.2) is 0 Å². The summed E-state index contributed by atoms with van der Waals surface area (Å²) in [6, 6.07) is 0.277. The quantitative estimate of drug-likeness (QED) is 0.592. The van der Waals surface area contributed by atoms with Gasteiger partial charge in [0.2, 0.25) is 0 Å². The molecule has 22 heavy (non-hydrogen) atoms. The lowest BCUT2D eigenvalue weighted by molar-refractivity contribution is 0.207. The van der Waals surface area contributed by atoms with Gasteiger partial charge in [-0.1, -0.05) is 19.7 Å². The monoisotopic (exact) mass is 303 g/mol. The number of methoxy groups -OCH3 is 1. The first kappa shape index (κ1) is 17.7. The minimum Gasteiger partial charge on any atom is -0.501 e. The van der Waals surface area contributed by atoms with Gasteiger partial charge in [-0.3, -0.25) is 0 Å². The normalized spacial score (nSPS) is 12.9. The van der Waals surface area contributed by atoms with Crippen LogP contribution in [-0.2, 0) is 16.1 Å². The lowest BCUT2D eigenvalue weighted by Gasteiger charge is -2.08. The lowest BCUT2D eigenvalue weighted by atomic mass is 10.2. The van der Waals surface area contributed by atoms with E-state index in [0.29, 0.717) is 17.8 Å². The summed E-state index contributed by atoms with van der Waals surface area (Å²) in [4.78, 5) is 0. The predicted molar refractivity (Wildman–Crippen MR) is 90.1 cm³/mol. The standard InChI is InChI=1S/C18H25NO3/c1-8-17(19-12(2)3)18-15(6)16(11-22-18)10-21-14(5)9-13(4)20-7/h8-9,11-12,19H,1,5-6,10H2,2-4,7H3/b13-9+,18-17-. The fraction of sp³-hybridized carbons (Fsp3) is 0.333. The van der Waals surface area contributed by atoms with Crippen LogP contribution < -0.4 is 16.0 Å². The molecule has 0 aromatic carbocycles. The summed E-state index contributed by atoms with van der Waals surface area (Å²) in [6.45, 7) is 17.9. The highest BCUT2D eigenvalue weighted by molar-refractivity contribution is 5.52. The molecule has 0 aliphatic rings. The van der Waals surface area contributed by atoms with Crippen LogP contribution in [0.15, 0.2) is 47.5 Å². The molecule has 0 radical (unpaired) electrons. The minimum absolute atomic E-state index is 0.277. The van der Waals surface area contributed by atoms with Crippen LogP contribution in [0.2, 0.25) is 0 Å². The minimum atomic E-state index is 0.277. The Morgan fingerprint density at radius 1 is 1.45 bits per heavy atom. The number of rotatable bonds is 8. The third-order valence-corrected chi connectivity index (χ3v) is 2.97. The zero-order valence-corrected chi connectivity index (χ0v) is 13.9. The number of nitrogens with one attached hydrogen (secondary N) is 1. The summed E-state index contributed by atoms with van der Waals surface area (Å²) in [6.07, 6.45) is 5.09. The molecule has 0 unspecified atom stereocenters. The van der Waals surface area contributed by atoms with Crippen LogP contribution in [0.3, 0.4) is 0 Å². The molecule has 0 amide bonds. The number of furan rings is 1. The molecule has 0 aliphatic carbocycles. The van der Waals surface area contributed by atoms with E-state index < -0.39 is 0 Å². The second kappa shape index (κ2) is 8.17. The van der Waals surface area contributed by atoms with Crippen molar-refractivity contribution in [2.75, 3.05) is 7.11 Å². The highest BCUT2D eigenvalue weighted by Crippen LogP contribution is 2.05. The molecule has 1 rings (SSSR count). The molecule has 1 aromatic heterocycles. The van der Waals surface area contributed by atoms with Gasteiger partial charge in [-0.05, 0) is 26.8 Å². The van der Waals surface area contributed by atoms with E-state index in [0.717, 1.165) is 22.2 Å². The van der Waals surface area contributed by atoms with Gasteiger partial charge in [0.15, 0.2) is 5.42 Å². The van der Waals surface area contributed by atoms with E-state index in [1.165, 1.54) is 0 Å². The fourth-order valence-electron chi connectivity index (χ4n) is 1.79. The first-order valence-corrected chi connectivity index (χ1v) is 7.11. The average Bonchev–Trinajstić information content (AvgIpc) is 2.83. The zero-order valence-electron chi connectivity index (χ0n) is 13.9. The molecule has 4 heteroatoms. The summed E-state index contributed by atoms with van der Waals surface area (Å²) in [5.41, 5.74) is 2.36. The summed E-state index contributed by atoms with van der Waals surface area (Å²) >= 11 is 0. The molecule has 0 bridgehead atoms. The van der Waals surface area contributed by atoms with E-state index in [1.54, 1.807) is 25.5 Å². The van der Waals surface area contributed by atoms with Crippen LogP contribution in [0.4, 0.5) is 0 Å². The molecule has 0 aliphatic heterocycles. The predicted octanol–water partition coefficient (Wildman–Crippen LogP) is 2.56. The van der Waals surface area contributed by atoms with E-state index in [1.807, 2.05) is 20.8 Å². The van der Waals surface area contributed by atoms with Crippen molar-refractivity contribution in [3.05, 3.63) is 59.3 Å². The Labute approximate surface area is 132 Å². The van der Waals surface area contributed by atoms with Gasteiger partial charge in [-0.2, -0.15) is 0 Å². The van der Waals surface area contributed by atoms with Gasteiger partial charge in [0.25, 0.3) is 0 Å². The maximum atomic E-state index is 5.60. The first-order valence-electron chi connectivity index (χ1n) is 7.11. The Balaban J connectivity index is 2.93. The number of hydrogen-bond donors (Lipinski definition) is 1. The maximum absolute atomic E-state index is 5.60. The molecular formula is C18H25NO3. The van der Waals surface area contributed by atoms with Crippen LogP contribution in [-0.4, -0.2) is 13.2 Å². The van der Waals surface area contributed by atoms with Crippen molar-refractivity contribution in [2.45, 2.75) is 33.4 Å². The molecule has 0 atom stereocenters. The van der Waals surface area contributed by atoms with Crippen LogP contribution >= 0.6 is 0 Å². The van der Waals surface area contributed by atoms with Crippen molar-refractivity contribution < 1.29 is 13.9 Å². The Bertz CT molecular complexity index is 665. The van der Waals surface area contributed by atoms with Gasteiger partial charge in [0, 0.05) is 22.9 Å². The van der Waals surface area contributed by atoms with Gasteiger partial charge < -0.3 is 19.2 Å². The van der Waals surface area contributed by atoms with Crippen molar-refractivity contribution in [2.24, 2.45) is 0 Å². The highest BCUT2D eigenvalue weighted by atomic mass is 16.5. The second-order valence-corrected chi connectivity index (χ2v) is 5.20. The largest absolute Gasteiger partial charge is 0.501 e. The summed E-state index contributed by atoms with van der Waals surface area (Å²) in [5, 5.41) is 4.06. The molecule has 1 heterocycles. The highest BCUT2D eigenvalue weighted by Gasteiger charge is 2.06. The summed E-state index contributed by atoms with van der Waals surface area (Å²) in [5.74, 6) is 1.26. The zero-order chi connectivity index (χ0) is 16.7. The lowest BCUT2D eigenvalue weighted by Crippen LogP contribution is -2.32. The Hall–Kier alpha value is -2.36. The van der Waals surface area contributed by atoms with Gasteiger partial charge >= 0.3 is 0 Å². The maximum Gasteiger partial charge on any atom is 0.156 e. The Kier molecular flexibility index (Phi) is 6.57. The fourth-order valence-corrected chi connectivity index (χ4v) is 1.79. The molecule has 1 N–H and O–H groups in total. The first-order chi connectivity index (χ1) is 10.4. The molecular weight excluding hydrogens is 278 g/mol. The SMILES string of the molecule is C=C/C(NC(C)C)=c1/occ(COC(=C)/C=C(\C)OC)c1=C. The molecule has 1 aromatic rings. The number of allylic oxidation sites excluding steroid dienone is 2. The van der Waals surface area contributed by atoms with E-state index in [4.69, 9.17) is 13.9 Å². The van der Waals surface area contributed by atoms with Crippen LogP contribution in [0.1, 0.15) is 26.3 Å². The van der Waals surface area contributed by atoms with Crippen molar-refractivity contribution in [3.63, 3.8) is 0 Å². The van der Waals surface area contributed by atoms with Crippen molar-refractivity contribution >= 4 is 12.3 Å². The van der Waals surface area contributed by atoms with Gasteiger partial charge in [0.05, 0.1) is 24.8 Å². The molecule has 0 fully saturated rings. The van der Waals surface area contributed by atoms with Crippen LogP contribution in [0.25, 0.3) is 12.3 Å². The van der Waals surface area contributed by atoms with E-state index in [-0.39, 0.29) is 6.04 Å². The average molecular weight is 303 g/mol. The van der Waals surface area contributed by atoms with Crippen molar-refractivity contribution in [1.29, 1.82) is 0 Å². The van der Waals surface area contributed by atoms with Crippen molar-refractivity contribution in [3.8, 4) is 0 Å². The Morgan fingerprint density at radius 3 is 2.68 bits per heavy atom. The Morgan fingerprint density at radius 2 is 2.14 bits per heavy atom. The molecule has 0 saturated carbocycles. The van der Waals surface area contributed by atoms with E-state index >= 15 is 0 Å². The molecule has 0 spiro atoms. The molecule has 120 valence electrons. The topological polar surface area (TPSA) is 43.6 Å².